The van der Waals surface area contributed by atoms with E-state index >= 15 is 0 Å². The Labute approximate surface area is 97.9 Å². The maximum atomic E-state index is 13.1. The molecule has 2 aromatic rings. The van der Waals surface area contributed by atoms with E-state index in [4.69, 9.17) is 5.73 Å². The van der Waals surface area contributed by atoms with E-state index in [1.54, 1.807) is 47.4 Å². The van der Waals surface area contributed by atoms with E-state index in [0.717, 1.165) is 5.69 Å². The highest BCUT2D eigenvalue weighted by Crippen LogP contribution is 2.19. The second-order valence-corrected chi connectivity index (χ2v) is 3.85. The van der Waals surface area contributed by atoms with Crippen molar-refractivity contribution in [1.82, 2.24) is 9.78 Å². The van der Waals surface area contributed by atoms with Crippen LogP contribution in [0.2, 0.25) is 0 Å². The zero-order chi connectivity index (χ0) is 12.3. The fourth-order valence-corrected chi connectivity index (χ4v) is 1.56. The van der Waals surface area contributed by atoms with Crippen molar-refractivity contribution in [2.24, 2.45) is 5.73 Å². The fourth-order valence-electron chi connectivity index (χ4n) is 1.56. The van der Waals surface area contributed by atoms with Crippen molar-refractivity contribution in [3.63, 3.8) is 0 Å². The number of nitrogens with zero attached hydrogens (tertiary/aromatic N) is 2. The van der Waals surface area contributed by atoms with E-state index in [-0.39, 0.29) is 6.42 Å². The molecule has 0 aliphatic rings. The van der Waals surface area contributed by atoms with Crippen molar-refractivity contribution in [2.45, 2.75) is 12.3 Å². The molecule has 0 atom stereocenters. The van der Waals surface area contributed by atoms with Gasteiger partial charge in [0.15, 0.2) is 0 Å². The Morgan fingerprint density at radius 1 is 1.24 bits per heavy atom. The summed E-state index contributed by atoms with van der Waals surface area (Å²) >= 11 is 0. The number of hydrogen-bond donors (Lipinski definition) is 1. The summed E-state index contributed by atoms with van der Waals surface area (Å²) in [6.45, 7) is -0.631. The lowest BCUT2D eigenvalue weighted by Gasteiger charge is -2.13. The Morgan fingerprint density at radius 2 is 1.94 bits per heavy atom. The third-order valence-electron chi connectivity index (χ3n) is 2.47. The van der Waals surface area contributed by atoms with E-state index in [1.807, 2.05) is 0 Å². The predicted molar refractivity (Wildman–Crippen MR) is 61.3 cm³/mol. The highest BCUT2D eigenvalue weighted by molar-refractivity contribution is 5.34. The van der Waals surface area contributed by atoms with Crippen LogP contribution in [0, 0.1) is 0 Å². The zero-order valence-electron chi connectivity index (χ0n) is 9.18. The Bertz CT molecular complexity index is 463. The first-order chi connectivity index (χ1) is 8.11. The van der Waals surface area contributed by atoms with Crippen molar-refractivity contribution in [3.8, 4) is 5.69 Å². The van der Waals surface area contributed by atoms with Crippen molar-refractivity contribution in [2.75, 3.05) is 6.54 Å². The van der Waals surface area contributed by atoms with Gasteiger partial charge in [0.2, 0.25) is 0 Å². The van der Waals surface area contributed by atoms with Crippen LogP contribution in [-0.2, 0) is 6.42 Å². The summed E-state index contributed by atoms with van der Waals surface area (Å²) in [6.07, 6.45) is 3.13. The molecule has 0 aliphatic carbocycles. The maximum absolute atomic E-state index is 13.1. The summed E-state index contributed by atoms with van der Waals surface area (Å²) in [5.41, 5.74) is 6.41. The van der Waals surface area contributed by atoms with Gasteiger partial charge in [-0.1, -0.05) is 12.1 Å². The zero-order valence-corrected chi connectivity index (χ0v) is 9.18. The second kappa shape index (κ2) is 4.63. The first-order valence-electron chi connectivity index (χ1n) is 5.27. The molecule has 0 fully saturated rings. The minimum absolute atomic E-state index is 0.330. The van der Waals surface area contributed by atoms with Gasteiger partial charge in [-0.3, -0.25) is 0 Å². The van der Waals surface area contributed by atoms with Gasteiger partial charge in [-0.15, -0.1) is 0 Å². The van der Waals surface area contributed by atoms with Crippen LogP contribution < -0.4 is 5.73 Å². The maximum Gasteiger partial charge on any atom is 0.264 e. The topological polar surface area (TPSA) is 43.8 Å². The van der Waals surface area contributed by atoms with Crippen LogP contribution in [0.15, 0.2) is 42.7 Å². The highest BCUT2D eigenvalue weighted by Gasteiger charge is 2.26. The van der Waals surface area contributed by atoms with Crippen LogP contribution in [0.1, 0.15) is 5.56 Å². The Balaban J connectivity index is 2.14. The van der Waals surface area contributed by atoms with Gasteiger partial charge < -0.3 is 5.73 Å². The lowest BCUT2D eigenvalue weighted by atomic mass is 10.1. The second-order valence-electron chi connectivity index (χ2n) is 3.85. The first-order valence-corrected chi connectivity index (χ1v) is 5.27. The minimum atomic E-state index is -2.84. The summed E-state index contributed by atoms with van der Waals surface area (Å²) in [5.74, 6) is -2.84. The predicted octanol–water partition coefficient (Wildman–Crippen LogP) is 2.01. The summed E-state index contributed by atoms with van der Waals surface area (Å²) < 4.78 is 27.8. The molecule has 5 heteroatoms. The van der Waals surface area contributed by atoms with E-state index in [2.05, 4.69) is 5.10 Å². The molecule has 0 bridgehead atoms. The minimum Gasteiger partial charge on any atom is -0.325 e. The van der Waals surface area contributed by atoms with Crippen LogP contribution in [0.3, 0.4) is 0 Å². The number of aromatic nitrogens is 2. The van der Waals surface area contributed by atoms with Gasteiger partial charge in [-0.2, -0.15) is 5.10 Å². The Kier molecular flexibility index (Phi) is 3.19. The molecule has 1 aromatic heterocycles. The molecule has 0 aliphatic heterocycles. The number of nitrogens with two attached hydrogens (primary N) is 1. The largest absolute Gasteiger partial charge is 0.325 e. The molecule has 2 rings (SSSR count). The van der Waals surface area contributed by atoms with Crippen molar-refractivity contribution in [3.05, 3.63) is 48.3 Å². The quantitative estimate of drug-likeness (QED) is 0.884. The molecule has 90 valence electrons. The molecule has 17 heavy (non-hydrogen) atoms. The third kappa shape index (κ3) is 2.88. The number of hydrogen-bond acceptors (Lipinski definition) is 2. The molecule has 0 saturated carbocycles. The fraction of sp³-hybridized carbons (Fsp3) is 0.250. The smallest absolute Gasteiger partial charge is 0.264 e. The van der Waals surface area contributed by atoms with Crippen LogP contribution in [0.4, 0.5) is 8.78 Å². The van der Waals surface area contributed by atoms with Crippen molar-refractivity contribution >= 4 is 0 Å². The number of halogens is 2. The molecule has 0 radical (unpaired) electrons. The molecular formula is C12H13F2N3. The van der Waals surface area contributed by atoms with Crippen molar-refractivity contribution in [1.29, 1.82) is 0 Å². The monoisotopic (exact) mass is 237 g/mol. The Morgan fingerprint density at radius 3 is 2.47 bits per heavy atom. The van der Waals surface area contributed by atoms with Gasteiger partial charge in [-0.25, -0.2) is 13.5 Å². The molecule has 0 unspecified atom stereocenters. The molecule has 0 saturated heterocycles. The van der Waals surface area contributed by atoms with Crippen LogP contribution in [0.5, 0.6) is 0 Å². The van der Waals surface area contributed by atoms with Gasteiger partial charge in [-0.05, 0) is 23.8 Å². The number of alkyl halides is 2. The first kappa shape index (κ1) is 11.7. The average Bonchev–Trinajstić information content (AvgIpc) is 2.83. The van der Waals surface area contributed by atoms with Gasteiger partial charge in [0.05, 0.1) is 12.2 Å². The molecule has 1 heterocycles. The van der Waals surface area contributed by atoms with Crippen molar-refractivity contribution < 1.29 is 8.78 Å². The Hall–Kier alpha value is -1.75. The molecule has 2 N–H and O–H groups in total. The third-order valence-corrected chi connectivity index (χ3v) is 2.47. The normalized spacial score (nSPS) is 11.7. The highest BCUT2D eigenvalue weighted by atomic mass is 19.3. The lowest BCUT2D eigenvalue weighted by molar-refractivity contribution is 0.0115. The van der Waals surface area contributed by atoms with Gasteiger partial charge in [0, 0.05) is 18.8 Å². The number of benzene rings is 1. The van der Waals surface area contributed by atoms with E-state index in [1.165, 1.54) is 0 Å². The molecule has 0 amide bonds. The van der Waals surface area contributed by atoms with Gasteiger partial charge >= 0.3 is 0 Å². The summed E-state index contributed by atoms with van der Waals surface area (Å²) in [4.78, 5) is 0. The molecule has 3 nitrogen and oxygen atoms in total. The van der Waals surface area contributed by atoms with Crippen LogP contribution >= 0.6 is 0 Å². The van der Waals surface area contributed by atoms with Crippen LogP contribution in [0.25, 0.3) is 5.69 Å². The lowest BCUT2D eigenvalue weighted by Crippen LogP contribution is -2.30. The van der Waals surface area contributed by atoms with E-state index in [9.17, 15) is 8.78 Å². The molecule has 1 aromatic carbocycles. The van der Waals surface area contributed by atoms with Crippen LogP contribution in [-0.4, -0.2) is 22.2 Å². The standard InChI is InChI=1S/C12H13F2N3/c13-12(14,9-15)8-10-2-4-11(5-3-10)17-7-1-6-16-17/h1-7H,8-9,15H2. The van der Waals surface area contributed by atoms with Gasteiger partial charge in [0.25, 0.3) is 5.92 Å². The molecular weight excluding hydrogens is 224 g/mol. The van der Waals surface area contributed by atoms with Gasteiger partial charge in [0.1, 0.15) is 0 Å². The summed E-state index contributed by atoms with van der Waals surface area (Å²) in [7, 11) is 0. The van der Waals surface area contributed by atoms with E-state index in [0.29, 0.717) is 5.56 Å². The SMILES string of the molecule is NCC(F)(F)Cc1ccc(-n2cccn2)cc1. The molecule has 0 spiro atoms. The summed E-state index contributed by atoms with van der Waals surface area (Å²) in [5, 5.41) is 4.06. The summed E-state index contributed by atoms with van der Waals surface area (Å²) in [6, 6.07) is 8.65. The number of rotatable bonds is 4. The average molecular weight is 237 g/mol. The van der Waals surface area contributed by atoms with E-state index < -0.39 is 12.5 Å².